The van der Waals surface area contributed by atoms with E-state index >= 15 is 0 Å². The van der Waals surface area contributed by atoms with Gasteiger partial charge < -0.3 is 10.6 Å². The van der Waals surface area contributed by atoms with Gasteiger partial charge in [-0.05, 0) is 25.0 Å². The molecule has 7 nitrogen and oxygen atoms in total. The Morgan fingerprint density at radius 2 is 1.92 bits per heavy atom. The molecule has 1 aliphatic rings. The van der Waals surface area contributed by atoms with E-state index in [0.717, 1.165) is 0 Å². The summed E-state index contributed by atoms with van der Waals surface area (Å²) < 4.78 is 24.4. The SMILES string of the molecule is C=CCNC(=O)c1ccccc1NC(=O)C1CCN(S(C)(=O)=O)CC1. The molecule has 8 heteroatoms. The van der Waals surface area contributed by atoms with Gasteiger partial charge in [0.05, 0.1) is 17.5 Å². The van der Waals surface area contributed by atoms with E-state index in [1.807, 2.05) is 0 Å². The van der Waals surface area contributed by atoms with Gasteiger partial charge in [0.25, 0.3) is 5.91 Å². The van der Waals surface area contributed by atoms with Crippen LogP contribution >= 0.6 is 0 Å². The van der Waals surface area contributed by atoms with Crippen LogP contribution in [-0.2, 0) is 14.8 Å². The summed E-state index contributed by atoms with van der Waals surface area (Å²) >= 11 is 0. The molecular weight excluding hydrogens is 342 g/mol. The van der Waals surface area contributed by atoms with Crippen LogP contribution in [0.5, 0.6) is 0 Å². The number of benzene rings is 1. The quantitative estimate of drug-likeness (QED) is 0.741. The second-order valence-electron chi connectivity index (χ2n) is 5.97. The van der Waals surface area contributed by atoms with Gasteiger partial charge in [0.1, 0.15) is 0 Å². The minimum Gasteiger partial charge on any atom is -0.349 e. The van der Waals surface area contributed by atoms with E-state index in [1.165, 1.54) is 10.6 Å². The van der Waals surface area contributed by atoms with Gasteiger partial charge in [-0.2, -0.15) is 0 Å². The van der Waals surface area contributed by atoms with E-state index in [9.17, 15) is 18.0 Å². The van der Waals surface area contributed by atoms with Crippen molar-refractivity contribution in [2.75, 3.05) is 31.2 Å². The molecule has 1 saturated heterocycles. The first kappa shape index (κ1) is 19.1. The number of amides is 2. The Labute approximate surface area is 148 Å². The highest BCUT2D eigenvalue weighted by Crippen LogP contribution is 2.22. The minimum absolute atomic E-state index is 0.197. The van der Waals surface area contributed by atoms with Crippen LogP contribution in [-0.4, -0.2) is 50.4 Å². The number of piperidine rings is 1. The van der Waals surface area contributed by atoms with Crippen molar-refractivity contribution in [1.82, 2.24) is 9.62 Å². The fourth-order valence-electron chi connectivity index (χ4n) is 2.73. The lowest BCUT2D eigenvalue weighted by molar-refractivity contribution is -0.120. The average Bonchev–Trinajstić information content (AvgIpc) is 2.59. The van der Waals surface area contributed by atoms with Crippen LogP contribution in [0.4, 0.5) is 5.69 Å². The van der Waals surface area contributed by atoms with Gasteiger partial charge in [-0.1, -0.05) is 18.2 Å². The van der Waals surface area contributed by atoms with Crippen molar-refractivity contribution in [3.05, 3.63) is 42.5 Å². The van der Waals surface area contributed by atoms with Crippen LogP contribution in [0.1, 0.15) is 23.2 Å². The number of para-hydroxylation sites is 1. The second kappa shape index (κ2) is 8.26. The van der Waals surface area contributed by atoms with Crippen LogP contribution in [0.15, 0.2) is 36.9 Å². The van der Waals surface area contributed by atoms with E-state index in [2.05, 4.69) is 17.2 Å². The van der Waals surface area contributed by atoms with Crippen molar-refractivity contribution in [3.63, 3.8) is 0 Å². The first-order chi connectivity index (χ1) is 11.8. The zero-order chi connectivity index (χ0) is 18.4. The Hall–Kier alpha value is -2.19. The van der Waals surface area contributed by atoms with Gasteiger partial charge in [-0.15, -0.1) is 6.58 Å². The number of carbonyl (C=O) groups is 2. The summed E-state index contributed by atoms with van der Waals surface area (Å²) in [7, 11) is -3.22. The highest BCUT2D eigenvalue weighted by Gasteiger charge is 2.29. The summed E-state index contributed by atoms with van der Waals surface area (Å²) in [5.41, 5.74) is 0.825. The molecule has 25 heavy (non-hydrogen) atoms. The van der Waals surface area contributed by atoms with Gasteiger partial charge in [0, 0.05) is 25.6 Å². The minimum atomic E-state index is -3.22. The Balaban J connectivity index is 2.02. The van der Waals surface area contributed by atoms with Gasteiger partial charge in [-0.3, -0.25) is 9.59 Å². The molecule has 1 aliphatic heterocycles. The molecule has 1 aromatic rings. The zero-order valence-corrected chi connectivity index (χ0v) is 15.0. The largest absolute Gasteiger partial charge is 0.349 e. The predicted molar refractivity (Wildman–Crippen MR) is 96.7 cm³/mol. The fourth-order valence-corrected chi connectivity index (χ4v) is 3.61. The van der Waals surface area contributed by atoms with E-state index in [-0.39, 0.29) is 17.7 Å². The average molecular weight is 365 g/mol. The van der Waals surface area contributed by atoms with Crippen LogP contribution in [0.25, 0.3) is 0 Å². The monoisotopic (exact) mass is 365 g/mol. The summed E-state index contributed by atoms with van der Waals surface area (Å²) in [5.74, 6) is -0.762. The smallest absolute Gasteiger partial charge is 0.253 e. The van der Waals surface area contributed by atoms with E-state index < -0.39 is 10.0 Å². The molecule has 0 spiro atoms. The lowest BCUT2D eigenvalue weighted by atomic mass is 9.97. The Kier molecular flexibility index (Phi) is 6.33. The van der Waals surface area contributed by atoms with E-state index in [4.69, 9.17) is 0 Å². The maximum absolute atomic E-state index is 12.5. The van der Waals surface area contributed by atoms with Crippen molar-refractivity contribution in [2.45, 2.75) is 12.8 Å². The summed E-state index contributed by atoms with van der Waals surface area (Å²) in [4.78, 5) is 24.6. The second-order valence-corrected chi connectivity index (χ2v) is 7.95. The third kappa shape index (κ3) is 5.14. The number of sulfonamides is 1. The predicted octanol–water partition coefficient (Wildman–Crippen LogP) is 1.21. The van der Waals surface area contributed by atoms with Crippen LogP contribution in [0.3, 0.4) is 0 Å². The van der Waals surface area contributed by atoms with Crippen molar-refractivity contribution in [2.24, 2.45) is 5.92 Å². The summed E-state index contributed by atoms with van der Waals surface area (Å²) in [6, 6.07) is 6.78. The summed E-state index contributed by atoms with van der Waals surface area (Å²) in [6.45, 7) is 4.55. The molecule has 0 aliphatic carbocycles. The van der Waals surface area contributed by atoms with Crippen molar-refractivity contribution >= 4 is 27.5 Å². The number of rotatable bonds is 6. The lowest BCUT2D eigenvalue weighted by Gasteiger charge is -2.29. The van der Waals surface area contributed by atoms with E-state index in [0.29, 0.717) is 43.7 Å². The van der Waals surface area contributed by atoms with Gasteiger partial charge >= 0.3 is 0 Å². The maximum Gasteiger partial charge on any atom is 0.253 e. The third-order valence-corrected chi connectivity index (χ3v) is 5.43. The van der Waals surface area contributed by atoms with Crippen LogP contribution in [0, 0.1) is 5.92 Å². The zero-order valence-electron chi connectivity index (χ0n) is 14.2. The van der Waals surface area contributed by atoms with Crippen LogP contribution in [0.2, 0.25) is 0 Å². The molecule has 0 saturated carbocycles. The van der Waals surface area contributed by atoms with Crippen LogP contribution < -0.4 is 10.6 Å². The van der Waals surface area contributed by atoms with Crippen molar-refractivity contribution in [3.8, 4) is 0 Å². The highest BCUT2D eigenvalue weighted by atomic mass is 32.2. The Morgan fingerprint density at radius 1 is 1.28 bits per heavy atom. The third-order valence-electron chi connectivity index (χ3n) is 4.13. The first-order valence-corrected chi connectivity index (χ1v) is 9.92. The molecular formula is C17H23N3O4S. The molecule has 2 N–H and O–H groups in total. The molecule has 1 aromatic carbocycles. The van der Waals surface area contributed by atoms with Gasteiger partial charge in [0.15, 0.2) is 0 Å². The standard InChI is InChI=1S/C17H23N3O4S/c1-3-10-18-17(22)14-6-4-5-7-15(14)19-16(21)13-8-11-20(12-9-13)25(2,23)24/h3-7,13H,1,8-12H2,2H3,(H,18,22)(H,19,21). The summed E-state index contributed by atoms with van der Waals surface area (Å²) in [6.07, 6.45) is 3.67. The maximum atomic E-state index is 12.5. The number of nitrogens with one attached hydrogen (secondary N) is 2. The molecule has 136 valence electrons. The van der Waals surface area contributed by atoms with E-state index in [1.54, 1.807) is 30.3 Å². The number of hydrogen-bond acceptors (Lipinski definition) is 4. The number of hydrogen-bond donors (Lipinski definition) is 2. The number of carbonyl (C=O) groups excluding carboxylic acids is 2. The Bertz CT molecular complexity index is 753. The van der Waals surface area contributed by atoms with Gasteiger partial charge in [0.2, 0.25) is 15.9 Å². The van der Waals surface area contributed by atoms with Crippen molar-refractivity contribution < 1.29 is 18.0 Å². The topological polar surface area (TPSA) is 95.6 Å². The molecule has 1 fully saturated rings. The molecule has 0 unspecified atom stereocenters. The fraction of sp³-hybridized carbons (Fsp3) is 0.412. The molecule has 1 heterocycles. The molecule has 0 bridgehead atoms. The highest BCUT2D eigenvalue weighted by molar-refractivity contribution is 7.88. The summed E-state index contributed by atoms with van der Waals surface area (Å²) in [5, 5.41) is 5.48. The first-order valence-electron chi connectivity index (χ1n) is 8.07. The lowest BCUT2D eigenvalue weighted by Crippen LogP contribution is -2.41. The molecule has 2 rings (SSSR count). The molecule has 0 radical (unpaired) electrons. The molecule has 2 amide bonds. The number of anilines is 1. The molecule has 0 aromatic heterocycles. The Morgan fingerprint density at radius 3 is 2.52 bits per heavy atom. The number of nitrogens with zero attached hydrogens (tertiary/aromatic N) is 1. The normalized spacial score (nSPS) is 16.2. The molecule has 0 atom stereocenters. The van der Waals surface area contributed by atoms with Crippen molar-refractivity contribution in [1.29, 1.82) is 0 Å². The van der Waals surface area contributed by atoms with Gasteiger partial charge in [-0.25, -0.2) is 12.7 Å².